The maximum Gasteiger partial charge on any atom is 0.295 e. The van der Waals surface area contributed by atoms with Gasteiger partial charge in [0.05, 0.1) is 12.2 Å². The van der Waals surface area contributed by atoms with Crippen LogP contribution in [0.4, 0.5) is 11.4 Å². The quantitative estimate of drug-likeness (QED) is 0.356. The molecule has 1 aromatic heterocycles. The zero-order valence-electron chi connectivity index (χ0n) is 19.0. The van der Waals surface area contributed by atoms with Gasteiger partial charge in [-0.1, -0.05) is 29.8 Å². The van der Waals surface area contributed by atoms with Crippen LogP contribution in [0, 0.1) is 0 Å². The lowest BCUT2D eigenvalue weighted by molar-refractivity contribution is 0.0995. The monoisotopic (exact) mass is 499 g/mol. The first kappa shape index (κ1) is 23.9. The zero-order valence-corrected chi connectivity index (χ0v) is 20.6. The summed E-state index contributed by atoms with van der Waals surface area (Å²) in [4.78, 5) is 16.8. The summed E-state index contributed by atoms with van der Waals surface area (Å²) in [5.74, 6) is -0.445. The number of anilines is 1. The van der Waals surface area contributed by atoms with Crippen molar-refractivity contribution in [3.63, 3.8) is 0 Å². The third-order valence-electron chi connectivity index (χ3n) is 5.26. The molecular weight excluding hydrogens is 470 g/mol. The second kappa shape index (κ2) is 10.7. The topological polar surface area (TPSA) is 73.4 Å². The van der Waals surface area contributed by atoms with E-state index in [1.807, 2.05) is 53.9 Å². The average molecular weight is 500 g/mol. The van der Waals surface area contributed by atoms with Crippen LogP contribution in [0.15, 0.2) is 57.2 Å². The Bertz CT molecular complexity index is 1100. The molecule has 0 aliphatic carbocycles. The molecule has 3 rings (SSSR count). The third-order valence-corrected chi connectivity index (χ3v) is 5.76. The molecule has 32 heavy (non-hydrogen) atoms. The lowest BCUT2D eigenvalue weighted by atomic mass is 10.2. The van der Waals surface area contributed by atoms with E-state index < -0.39 is 5.91 Å². The second-order valence-electron chi connectivity index (χ2n) is 7.97. The van der Waals surface area contributed by atoms with Crippen molar-refractivity contribution in [2.45, 2.75) is 33.4 Å². The number of nitrogens with zero attached hydrogens (tertiary/aromatic N) is 5. The van der Waals surface area contributed by atoms with Gasteiger partial charge in [0, 0.05) is 35.2 Å². The van der Waals surface area contributed by atoms with Gasteiger partial charge in [-0.25, -0.2) is 0 Å². The Morgan fingerprint density at radius 3 is 2.31 bits per heavy atom. The summed E-state index contributed by atoms with van der Waals surface area (Å²) in [5.41, 5.74) is 2.58. The van der Waals surface area contributed by atoms with E-state index >= 15 is 0 Å². The number of fused-ring (bicyclic) bond motifs is 1. The molecular formula is C24H30BrN5O2. The fraction of sp³-hybridized carbons (Fsp3) is 0.375. The Morgan fingerprint density at radius 1 is 1.06 bits per heavy atom. The summed E-state index contributed by atoms with van der Waals surface area (Å²) in [7, 11) is 3.88. The lowest BCUT2D eigenvalue weighted by Gasteiger charge is -2.22. The Balaban J connectivity index is 1.96. The van der Waals surface area contributed by atoms with Crippen LogP contribution in [0.1, 0.15) is 37.0 Å². The van der Waals surface area contributed by atoms with Crippen molar-refractivity contribution in [2.75, 3.05) is 32.1 Å². The number of hydrogen-bond acceptors (Lipinski definition) is 5. The maximum absolute atomic E-state index is 12.6. The first-order valence-corrected chi connectivity index (χ1v) is 11.6. The number of amides is 1. The summed E-state index contributed by atoms with van der Waals surface area (Å²) in [6, 6.07) is 12.9. The first-order valence-electron chi connectivity index (χ1n) is 10.8. The van der Waals surface area contributed by atoms with Gasteiger partial charge in [-0.3, -0.25) is 14.3 Å². The Morgan fingerprint density at radius 2 is 1.72 bits per heavy atom. The van der Waals surface area contributed by atoms with E-state index in [9.17, 15) is 9.90 Å². The van der Waals surface area contributed by atoms with Crippen LogP contribution in [0.25, 0.3) is 10.9 Å². The van der Waals surface area contributed by atoms with Crippen LogP contribution in [0.2, 0.25) is 0 Å². The number of carbonyl (C=O) groups excluding carboxylic acids is 1. The number of rotatable bonds is 9. The van der Waals surface area contributed by atoms with Crippen LogP contribution in [0.3, 0.4) is 0 Å². The molecule has 0 aliphatic heterocycles. The Labute approximate surface area is 197 Å². The SMILES string of the molecule is CCCN(CCC)Cn1c(O)c(N=NC(=O)c2ccc(N(C)C)cc2)c2cc(Br)ccc21. The molecule has 0 atom stereocenters. The molecule has 8 heteroatoms. The van der Waals surface area contributed by atoms with Gasteiger partial charge >= 0.3 is 0 Å². The smallest absolute Gasteiger partial charge is 0.295 e. The van der Waals surface area contributed by atoms with E-state index in [0.29, 0.717) is 17.9 Å². The molecule has 1 amide bonds. The molecule has 1 heterocycles. The van der Waals surface area contributed by atoms with Gasteiger partial charge < -0.3 is 10.0 Å². The highest BCUT2D eigenvalue weighted by Gasteiger charge is 2.19. The highest BCUT2D eigenvalue weighted by molar-refractivity contribution is 9.10. The van der Waals surface area contributed by atoms with Crippen molar-refractivity contribution in [2.24, 2.45) is 10.2 Å². The van der Waals surface area contributed by atoms with Gasteiger partial charge in [0.15, 0.2) is 5.69 Å². The summed E-state index contributed by atoms with van der Waals surface area (Å²) >= 11 is 3.49. The highest BCUT2D eigenvalue weighted by Crippen LogP contribution is 2.40. The van der Waals surface area contributed by atoms with Crippen LogP contribution in [-0.2, 0) is 6.67 Å². The normalized spacial score (nSPS) is 11.7. The summed E-state index contributed by atoms with van der Waals surface area (Å²) in [6.07, 6.45) is 2.05. The minimum atomic E-state index is -0.454. The molecule has 0 fully saturated rings. The van der Waals surface area contributed by atoms with Crippen molar-refractivity contribution >= 4 is 44.1 Å². The Hall–Kier alpha value is -2.71. The van der Waals surface area contributed by atoms with Gasteiger partial charge in [-0.05, 0) is 68.4 Å². The van der Waals surface area contributed by atoms with Gasteiger partial charge in [0.1, 0.15) is 0 Å². The minimum absolute atomic E-state index is 0.00909. The van der Waals surface area contributed by atoms with Crippen molar-refractivity contribution < 1.29 is 9.90 Å². The van der Waals surface area contributed by atoms with E-state index in [0.717, 1.165) is 47.0 Å². The molecule has 170 valence electrons. The second-order valence-corrected chi connectivity index (χ2v) is 8.88. The lowest BCUT2D eigenvalue weighted by Crippen LogP contribution is -2.27. The summed E-state index contributed by atoms with van der Waals surface area (Å²) < 4.78 is 2.70. The number of carbonyl (C=O) groups is 1. The van der Waals surface area contributed by atoms with Gasteiger partial charge in [-0.15, -0.1) is 10.2 Å². The maximum atomic E-state index is 12.6. The van der Waals surface area contributed by atoms with E-state index in [2.05, 4.69) is 44.9 Å². The number of benzene rings is 2. The molecule has 7 nitrogen and oxygen atoms in total. The third kappa shape index (κ3) is 5.37. The average Bonchev–Trinajstić information content (AvgIpc) is 3.02. The predicted octanol–water partition coefficient (Wildman–Crippen LogP) is 6.18. The molecule has 0 spiro atoms. The molecule has 0 bridgehead atoms. The highest BCUT2D eigenvalue weighted by atomic mass is 79.9. The minimum Gasteiger partial charge on any atom is -0.493 e. The van der Waals surface area contributed by atoms with Gasteiger partial charge in [0.25, 0.3) is 5.91 Å². The van der Waals surface area contributed by atoms with E-state index in [1.54, 1.807) is 12.1 Å². The number of halogens is 1. The molecule has 0 radical (unpaired) electrons. The van der Waals surface area contributed by atoms with Crippen molar-refractivity contribution in [3.8, 4) is 5.88 Å². The molecule has 3 aromatic rings. The molecule has 2 aromatic carbocycles. The van der Waals surface area contributed by atoms with Crippen molar-refractivity contribution in [1.29, 1.82) is 0 Å². The number of azo groups is 1. The summed E-state index contributed by atoms with van der Waals surface area (Å²) in [6.45, 7) is 6.69. The molecule has 0 aliphatic rings. The fourth-order valence-corrected chi connectivity index (χ4v) is 4.04. The number of hydrogen-bond donors (Lipinski definition) is 1. The molecule has 0 saturated carbocycles. The molecule has 0 unspecified atom stereocenters. The van der Waals surface area contributed by atoms with E-state index in [-0.39, 0.29) is 5.88 Å². The largest absolute Gasteiger partial charge is 0.493 e. The van der Waals surface area contributed by atoms with Crippen molar-refractivity contribution in [3.05, 3.63) is 52.5 Å². The zero-order chi connectivity index (χ0) is 23.3. The van der Waals surface area contributed by atoms with Gasteiger partial charge in [0.2, 0.25) is 5.88 Å². The fourth-order valence-electron chi connectivity index (χ4n) is 3.68. The summed E-state index contributed by atoms with van der Waals surface area (Å²) in [5, 5.41) is 19.9. The van der Waals surface area contributed by atoms with Crippen LogP contribution < -0.4 is 4.90 Å². The van der Waals surface area contributed by atoms with Crippen LogP contribution in [0.5, 0.6) is 5.88 Å². The Kier molecular flexibility index (Phi) is 8.04. The van der Waals surface area contributed by atoms with Crippen molar-refractivity contribution in [1.82, 2.24) is 9.47 Å². The van der Waals surface area contributed by atoms with Gasteiger partial charge in [-0.2, -0.15) is 0 Å². The molecule has 1 N–H and O–H groups in total. The standard InChI is InChI=1S/C24H30BrN5O2/c1-5-13-29(14-6-2)16-30-21-12-9-18(25)15-20(21)22(24(30)32)26-27-23(31)17-7-10-19(11-8-17)28(3)4/h7-12,15,32H,5-6,13-14,16H2,1-4H3. The molecule has 0 saturated heterocycles. The van der Waals surface area contributed by atoms with Crippen LogP contribution >= 0.6 is 15.9 Å². The van der Waals surface area contributed by atoms with E-state index in [1.165, 1.54) is 0 Å². The number of aromatic hydroxyl groups is 1. The van der Waals surface area contributed by atoms with Crippen LogP contribution in [-0.4, -0.2) is 47.7 Å². The number of aromatic nitrogens is 1. The first-order chi connectivity index (χ1) is 15.3. The predicted molar refractivity (Wildman–Crippen MR) is 133 cm³/mol. The van der Waals surface area contributed by atoms with E-state index in [4.69, 9.17) is 0 Å².